The highest BCUT2D eigenvalue weighted by Gasteiger charge is 2.27. The Morgan fingerprint density at radius 1 is 1.53 bits per heavy atom. The van der Waals surface area contributed by atoms with E-state index in [1.54, 1.807) is 7.11 Å². The summed E-state index contributed by atoms with van der Waals surface area (Å²) in [5.74, 6) is 1.61. The molecule has 1 aromatic heterocycles. The first-order valence-electron chi connectivity index (χ1n) is 6.33. The second kappa shape index (κ2) is 6.44. The molecule has 1 aliphatic heterocycles. The fourth-order valence-corrected chi connectivity index (χ4v) is 3.73. The number of ether oxygens (including phenoxy) is 1. The summed E-state index contributed by atoms with van der Waals surface area (Å²) in [6.45, 7) is 1.08. The second-order valence-electron chi connectivity index (χ2n) is 4.68. The van der Waals surface area contributed by atoms with Crippen LogP contribution in [0.2, 0.25) is 0 Å². The summed E-state index contributed by atoms with van der Waals surface area (Å²) < 4.78 is 32.6. The SMILES string of the molecule is COCCCc1noc(CNC2CCS(=O)(=O)C2)n1. The average molecular weight is 289 g/mol. The van der Waals surface area contributed by atoms with E-state index in [0.717, 1.165) is 12.8 Å². The van der Waals surface area contributed by atoms with E-state index in [0.29, 0.717) is 31.3 Å². The lowest BCUT2D eigenvalue weighted by molar-refractivity contribution is 0.194. The van der Waals surface area contributed by atoms with E-state index >= 15 is 0 Å². The normalized spacial score (nSPS) is 21.8. The maximum Gasteiger partial charge on any atom is 0.240 e. The molecule has 1 unspecified atom stereocenters. The highest BCUT2D eigenvalue weighted by molar-refractivity contribution is 7.91. The fourth-order valence-electron chi connectivity index (χ4n) is 2.03. The number of methoxy groups -OCH3 is 1. The Bertz CT molecular complexity index is 500. The van der Waals surface area contributed by atoms with Crippen molar-refractivity contribution in [3.63, 3.8) is 0 Å². The summed E-state index contributed by atoms with van der Waals surface area (Å²) in [5, 5.41) is 7.00. The third-order valence-corrected chi connectivity index (χ3v) is 4.80. The molecule has 1 aromatic rings. The van der Waals surface area contributed by atoms with E-state index < -0.39 is 9.84 Å². The molecule has 0 bridgehead atoms. The van der Waals surface area contributed by atoms with Crippen molar-refractivity contribution in [1.29, 1.82) is 0 Å². The predicted molar refractivity (Wildman–Crippen MR) is 68.4 cm³/mol. The molecule has 7 nitrogen and oxygen atoms in total. The van der Waals surface area contributed by atoms with Gasteiger partial charge in [-0.15, -0.1) is 0 Å². The first kappa shape index (κ1) is 14.4. The zero-order valence-corrected chi connectivity index (χ0v) is 11.8. The average Bonchev–Trinajstić information content (AvgIpc) is 2.94. The van der Waals surface area contributed by atoms with E-state index in [9.17, 15) is 8.42 Å². The van der Waals surface area contributed by atoms with E-state index in [2.05, 4.69) is 15.5 Å². The smallest absolute Gasteiger partial charge is 0.240 e. The minimum atomic E-state index is -2.85. The summed E-state index contributed by atoms with van der Waals surface area (Å²) in [5.41, 5.74) is 0. The molecule has 2 rings (SSSR count). The molecule has 0 saturated carbocycles. The molecule has 0 aliphatic carbocycles. The van der Waals surface area contributed by atoms with Gasteiger partial charge in [0.2, 0.25) is 5.89 Å². The summed E-state index contributed by atoms with van der Waals surface area (Å²) in [6, 6.07) is -0.00570. The van der Waals surface area contributed by atoms with Gasteiger partial charge in [0.1, 0.15) is 0 Å². The summed E-state index contributed by atoms with van der Waals surface area (Å²) >= 11 is 0. The minimum absolute atomic E-state index is 0.00570. The second-order valence-corrected chi connectivity index (χ2v) is 6.91. The zero-order chi connectivity index (χ0) is 13.7. The molecule has 1 aliphatic rings. The number of nitrogens with zero attached hydrogens (tertiary/aromatic N) is 2. The minimum Gasteiger partial charge on any atom is -0.385 e. The quantitative estimate of drug-likeness (QED) is 0.702. The first-order chi connectivity index (χ1) is 9.09. The molecule has 0 aromatic carbocycles. The molecule has 1 atom stereocenters. The Balaban J connectivity index is 1.74. The lowest BCUT2D eigenvalue weighted by atomic mass is 10.2. The first-order valence-corrected chi connectivity index (χ1v) is 8.15. The Morgan fingerprint density at radius 3 is 3.05 bits per heavy atom. The number of aromatic nitrogens is 2. The van der Waals surface area contributed by atoms with E-state index in [-0.39, 0.29) is 17.5 Å². The van der Waals surface area contributed by atoms with Crippen LogP contribution in [0.15, 0.2) is 4.52 Å². The van der Waals surface area contributed by atoms with Gasteiger partial charge in [0.25, 0.3) is 0 Å². The molecule has 8 heteroatoms. The molecule has 0 spiro atoms. The van der Waals surface area contributed by atoms with Gasteiger partial charge in [-0.3, -0.25) is 0 Å². The molecule has 0 radical (unpaired) electrons. The van der Waals surface area contributed by atoms with Crippen molar-refractivity contribution >= 4 is 9.84 Å². The Kier molecular flexibility index (Phi) is 4.89. The van der Waals surface area contributed by atoms with Crippen LogP contribution in [0.3, 0.4) is 0 Å². The van der Waals surface area contributed by atoms with E-state index in [1.165, 1.54) is 0 Å². The molecule has 1 saturated heterocycles. The van der Waals surface area contributed by atoms with Gasteiger partial charge in [-0.1, -0.05) is 5.16 Å². The van der Waals surface area contributed by atoms with Gasteiger partial charge < -0.3 is 14.6 Å². The van der Waals surface area contributed by atoms with Crippen molar-refractivity contribution in [2.75, 3.05) is 25.2 Å². The third-order valence-electron chi connectivity index (χ3n) is 3.03. The highest BCUT2D eigenvalue weighted by atomic mass is 32.2. The number of hydrogen-bond acceptors (Lipinski definition) is 7. The molecular weight excluding hydrogens is 270 g/mol. The van der Waals surface area contributed by atoms with Gasteiger partial charge in [-0.05, 0) is 12.8 Å². The molecule has 2 heterocycles. The Hall–Kier alpha value is -0.990. The molecular formula is C11H19N3O4S. The van der Waals surface area contributed by atoms with Crippen molar-refractivity contribution in [1.82, 2.24) is 15.5 Å². The van der Waals surface area contributed by atoms with E-state index in [1.807, 2.05) is 0 Å². The van der Waals surface area contributed by atoms with Crippen molar-refractivity contribution in [2.45, 2.75) is 31.8 Å². The molecule has 1 fully saturated rings. The number of rotatable bonds is 7. The number of sulfone groups is 1. The lowest BCUT2D eigenvalue weighted by Crippen LogP contribution is -2.29. The lowest BCUT2D eigenvalue weighted by Gasteiger charge is -2.07. The van der Waals surface area contributed by atoms with Crippen LogP contribution in [-0.4, -0.2) is 49.8 Å². The molecule has 108 valence electrons. The highest BCUT2D eigenvalue weighted by Crippen LogP contribution is 2.11. The number of hydrogen-bond donors (Lipinski definition) is 1. The van der Waals surface area contributed by atoms with Crippen LogP contribution in [0.5, 0.6) is 0 Å². The van der Waals surface area contributed by atoms with Gasteiger partial charge in [-0.25, -0.2) is 8.42 Å². The Labute approximate surface area is 112 Å². The Morgan fingerprint density at radius 2 is 2.37 bits per heavy atom. The third kappa shape index (κ3) is 4.55. The topological polar surface area (TPSA) is 94.3 Å². The maximum absolute atomic E-state index is 11.3. The van der Waals surface area contributed by atoms with Crippen molar-refractivity contribution in [2.24, 2.45) is 0 Å². The maximum atomic E-state index is 11.3. The zero-order valence-electron chi connectivity index (χ0n) is 11.0. The number of nitrogens with one attached hydrogen (secondary N) is 1. The van der Waals surface area contributed by atoms with Crippen LogP contribution >= 0.6 is 0 Å². The van der Waals surface area contributed by atoms with Gasteiger partial charge in [0, 0.05) is 26.2 Å². The van der Waals surface area contributed by atoms with Gasteiger partial charge >= 0.3 is 0 Å². The van der Waals surface area contributed by atoms with Crippen LogP contribution in [0.1, 0.15) is 24.6 Å². The largest absolute Gasteiger partial charge is 0.385 e. The van der Waals surface area contributed by atoms with Crippen molar-refractivity contribution in [3.8, 4) is 0 Å². The molecule has 19 heavy (non-hydrogen) atoms. The van der Waals surface area contributed by atoms with Crippen LogP contribution in [-0.2, 0) is 27.5 Å². The van der Waals surface area contributed by atoms with Crippen LogP contribution in [0, 0.1) is 0 Å². The molecule has 1 N–H and O–H groups in total. The predicted octanol–water partition coefficient (Wildman–Crippen LogP) is -0.0747. The molecule has 0 amide bonds. The summed E-state index contributed by atoms with van der Waals surface area (Å²) in [7, 11) is -1.20. The van der Waals surface area contributed by atoms with Gasteiger partial charge in [0.05, 0.1) is 18.1 Å². The van der Waals surface area contributed by atoms with Crippen LogP contribution in [0.25, 0.3) is 0 Å². The standard InChI is InChI=1S/C11H19N3O4S/c1-17-5-2-3-10-13-11(18-14-10)7-12-9-4-6-19(15,16)8-9/h9,12H,2-8H2,1H3. The number of aryl methyl sites for hydroxylation is 1. The van der Waals surface area contributed by atoms with Crippen LogP contribution in [0.4, 0.5) is 0 Å². The van der Waals surface area contributed by atoms with Gasteiger partial charge in [0.15, 0.2) is 15.7 Å². The summed E-state index contributed by atoms with van der Waals surface area (Å²) in [6.07, 6.45) is 2.22. The fraction of sp³-hybridized carbons (Fsp3) is 0.818. The monoisotopic (exact) mass is 289 g/mol. The summed E-state index contributed by atoms with van der Waals surface area (Å²) in [4.78, 5) is 4.23. The van der Waals surface area contributed by atoms with Crippen LogP contribution < -0.4 is 5.32 Å². The van der Waals surface area contributed by atoms with Crippen molar-refractivity contribution in [3.05, 3.63) is 11.7 Å². The van der Waals surface area contributed by atoms with E-state index in [4.69, 9.17) is 9.26 Å². The van der Waals surface area contributed by atoms with Crippen molar-refractivity contribution < 1.29 is 17.7 Å². The van der Waals surface area contributed by atoms with Gasteiger partial charge in [-0.2, -0.15) is 4.98 Å².